The first-order chi connectivity index (χ1) is 6.25. The van der Waals surface area contributed by atoms with Crippen LogP contribution in [0.5, 0.6) is 0 Å². The van der Waals surface area contributed by atoms with Crippen molar-refractivity contribution in [2.45, 2.75) is 0 Å². The third-order valence-electron chi connectivity index (χ3n) is 1.65. The molecule has 1 aromatic rings. The number of hydrogen-bond acceptors (Lipinski definition) is 2. The molecule has 2 nitrogen and oxygen atoms in total. The minimum Gasteiger partial charge on any atom is -0.384 e. The molecule has 0 atom stereocenters. The fourth-order valence-electron chi connectivity index (χ4n) is 1.07. The molecule has 0 fully saturated rings. The molecule has 3 N–H and O–H groups in total. The van der Waals surface area contributed by atoms with Crippen LogP contribution in [0.25, 0.3) is 6.08 Å². The van der Waals surface area contributed by atoms with E-state index < -0.39 is 0 Å². The smallest absolute Gasteiger partial charge is 0.123 e. The maximum absolute atomic E-state index is 7.34. The third kappa shape index (κ3) is 2.63. The Hall–Kier alpha value is -1.22. The van der Waals surface area contributed by atoms with Gasteiger partial charge in [0.05, 0.1) is 0 Å². The first-order valence-electron chi connectivity index (χ1n) is 3.96. The Kier molecular flexibility index (Phi) is 3.58. The van der Waals surface area contributed by atoms with Gasteiger partial charge in [-0.3, -0.25) is 5.41 Å². The van der Waals surface area contributed by atoms with Gasteiger partial charge in [-0.05, 0) is 5.56 Å². The van der Waals surface area contributed by atoms with E-state index in [0.29, 0.717) is 5.75 Å². The zero-order valence-electron chi connectivity index (χ0n) is 7.20. The maximum atomic E-state index is 7.34. The van der Waals surface area contributed by atoms with Crippen molar-refractivity contribution in [3.63, 3.8) is 0 Å². The lowest BCUT2D eigenvalue weighted by molar-refractivity contribution is 1.42. The fraction of sp³-hybridized carbons (Fsp3) is 0.100. The van der Waals surface area contributed by atoms with E-state index in [1.807, 2.05) is 36.4 Å². The van der Waals surface area contributed by atoms with E-state index in [4.69, 9.17) is 11.1 Å². The van der Waals surface area contributed by atoms with Gasteiger partial charge in [0.2, 0.25) is 0 Å². The second-order valence-electron chi connectivity index (χ2n) is 2.59. The summed E-state index contributed by atoms with van der Waals surface area (Å²) in [5.74, 6) is 0.783. The first kappa shape index (κ1) is 9.86. The van der Waals surface area contributed by atoms with Crippen molar-refractivity contribution in [1.29, 1.82) is 5.41 Å². The predicted molar refractivity (Wildman–Crippen MR) is 60.3 cm³/mol. The second-order valence-corrected chi connectivity index (χ2v) is 2.95. The normalized spacial score (nSPS) is 10.5. The molecule has 0 aliphatic rings. The summed E-state index contributed by atoms with van der Waals surface area (Å²) in [6.07, 6.45) is 3.84. The molecule has 0 aliphatic heterocycles. The molecule has 0 unspecified atom stereocenters. The van der Waals surface area contributed by atoms with Crippen molar-refractivity contribution < 1.29 is 0 Å². The van der Waals surface area contributed by atoms with Crippen LogP contribution in [0.2, 0.25) is 0 Å². The van der Waals surface area contributed by atoms with Gasteiger partial charge in [-0.1, -0.05) is 36.4 Å². The predicted octanol–water partition coefficient (Wildman–Crippen LogP) is 1.91. The van der Waals surface area contributed by atoms with Crippen LogP contribution in [0.3, 0.4) is 0 Å². The summed E-state index contributed by atoms with van der Waals surface area (Å²) in [7, 11) is 0. The Labute approximate surface area is 83.4 Å². The fourth-order valence-corrected chi connectivity index (χ4v) is 1.17. The summed E-state index contributed by atoms with van der Waals surface area (Å²) in [5, 5.41) is 7.34. The second kappa shape index (κ2) is 4.72. The van der Waals surface area contributed by atoms with E-state index in [1.54, 1.807) is 0 Å². The van der Waals surface area contributed by atoms with Crippen LogP contribution >= 0.6 is 12.6 Å². The van der Waals surface area contributed by atoms with Crippen LogP contribution in [-0.4, -0.2) is 11.6 Å². The molecule has 0 bridgehead atoms. The molecule has 0 aromatic heterocycles. The number of amidine groups is 1. The summed E-state index contributed by atoms with van der Waals surface area (Å²) in [4.78, 5) is 0. The molecule has 0 saturated carbocycles. The summed E-state index contributed by atoms with van der Waals surface area (Å²) in [5.41, 5.74) is 7.14. The van der Waals surface area contributed by atoms with Gasteiger partial charge in [-0.2, -0.15) is 12.6 Å². The Morgan fingerprint density at radius 1 is 1.46 bits per heavy atom. The summed E-state index contributed by atoms with van der Waals surface area (Å²) >= 11 is 4.07. The lowest BCUT2D eigenvalue weighted by Gasteiger charge is -2.02. The van der Waals surface area contributed by atoms with Crippen molar-refractivity contribution in [2.24, 2.45) is 5.73 Å². The van der Waals surface area contributed by atoms with Crippen LogP contribution in [0.15, 0.2) is 30.3 Å². The van der Waals surface area contributed by atoms with Crippen LogP contribution in [0.4, 0.5) is 0 Å². The third-order valence-corrected chi connectivity index (χ3v) is 1.86. The minimum atomic E-state index is 0.0967. The quantitative estimate of drug-likeness (QED) is 0.382. The van der Waals surface area contributed by atoms with Gasteiger partial charge in [0, 0.05) is 11.3 Å². The van der Waals surface area contributed by atoms with E-state index in [-0.39, 0.29) is 5.84 Å². The zero-order valence-corrected chi connectivity index (χ0v) is 8.09. The molecule has 0 heterocycles. The molecule has 0 radical (unpaired) electrons. The van der Waals surface area contributed by atoms with E-state index in [0.717, 1.165) is 11.1 Å². The highest BCUT2D eigenvalue weighted by molar-refractivity contribution is 7.80. The molecule has 3 heteroatoms. The SMILES string of the molecule is N=C(N)c1ccccc1C=CCS. The van der Waals surface area contributed by atoms with E-state index in [9.17, 15) is 0 Å². The van der Waals surface area contributed by atoms with Crippen LogP contribution in [0, 0.1) is 5.41 Å². The summed E-state index contributed by atoms with van der Waals surface area (Å²) in [6.45, 7) is 0. The molecular formula is C10H12N2S. The molecule has 0 amide bonds. The van der Waals surface area contributed by atoms with Crippen molar-refractivity contribution in [1.82, 2.24) is 0 Å². The highest BCUT2D eigenvalue weighted by Crippen LogP contribution is 2.09. The number of nitrogens with two attached hydrogens (primary N) is 1. The number of hydrogen-bond donors (Lipinski definition) is 3. The highest BCUT2D eigenvalue weighted by atomic mass is 32.1. The largest absolute Gasteiger partial charge is 0.384 e. The van der Waals surface area contributed by atoms with E-state index in [2.05, 4.69) is 12.6 Å². The lowest BCUT2D eigenvalue weighted by atomic mass is 10.1. The summed E-state index contributed by atoms with van der Waals surface area (Å²) in [6, 6.07) is 7.55. The van der Waals surface area contributed by atoms with Gasteiger partial charge in [-0.15, -0.1) is 0 Å². The molecular weight excluding hydrogens is 180 g/mol. The van der Waals surface area contributed by atoms with E-state index >= 15 is 0 Å². The molecule has 1 aromatic carbocycles. The van der Waals surface area contributed by atoms with Crippen LogP contribution in [-0.2, 0) is 0 Å². The Morgan fingerprint density at radius 3 is 2.77 bits per heavy atom. The van der Waals surface area contributed by atoms with E-state index in [1.165, 1.54) is 0 Å². The van der Waals surface area contributed by atoms with Crippen LogP contribution < -0.4 is 5.73 Å². The molecule has 13 heavy (non-hydrogen) atoms. The summed E-state index contributed by atoms with van der Waals surface area (Å²) < 4.78 is 0. The topological polar surface area (TPSA) is 49.9 Å². The molecule has 1 rings (SSSR count). The Bertz CT molecular complexity index is 331. The highest BCUT2D eigenvalue weighted by Gasteiger charge is 1.99. The number of nitrogens with one attached hydrogen (secondary N) is 1. The van der Waals surface area contributed by atoms with Gasteiger partial charge in [0.15, 0.2) is 0 Å². The van der Waals surface area contributed by atoms with Crippen molar-refractivity contribution in [3.8, 4) is 0 Å². The van der Waals surface area contributed by atoms with Crippen molar-refractivity contribution in [3.05, 3.63) is 41.5 Å². The van der Waals surface area contributed by atoms with Crippen LogP contribution in [0.1, 0.15) is 11.1 Å². The molecule has 0 spiro atoms. The number of rotatable bonds is 3. The van der Waals surface area contributed by atoms with Gasteiger partial charge >= 0.3 is 0 Å². The van der Waals surface area contributed by atoms with Gasteiger partial charge in [-0.25, -0.2) is 0 Å². The molecule has 68 valence electrons. The van der Waals surface area contributed by atoms with Gasteiger partial charge in [0.25, 0.3) is 0 Å². The maximum Gasteiger partial charge on any atom is 0.123 e. The average Bonchev–Trinajstić information content (AvgIpc) is 2.15. The Morgan fingerprint density at radius 2 is 2.15 bits per heavy atom. The first-order valence-corrected chi connectivity index (χ1v) is 4.59. The molecule has 0 saturated heterocycles. The number of thiol groups is 1. The zero-order chi connectivity index (χ0) is 9.68. The van der Waals surface area contributed by atoms with Crippen molar-refractivity contribution in [2.75, 3.05) is 5.75 Å². The van der Waals surface area contributed by atoms with Crippen molar-refractivity contribution >= 4 is 24.5 Å². The number of benzene rings is 1. The minimum absolute atomic E-state index is 0.0967. The Balaban J connectivity index is 3.05. The number of nitrogen functional groups attached to an aromatic ring is 1. The van der Waals surface area contributed by atoms with Gasteiger partial charge < -0.3 is 5.73 Å². The average molecular weight is 192 g/mol. The monoisotopic (exact) mass is 192 g/mol. The van der Waals surface area contributed by atoms with Gasteiger partial charge in [0.1, 0.15) is 5.84 Å². The lowest BCUT2D eigenvalue weighted by Crippen LogP contribution is -2.12. The molecule has 0 aliphatic carbocycles. The standard InChI is InChI=1S/C10H12N2S/c11-10(12)9-6-2-1-4-8(9)5-3-7-13/h1-6,13H,7H2,(H3,11,12).